The van der Waals surface area contributed by atoms with E-state index < -0.39 is 0 Å². The zero-order chi connectivity index (χ0) is 19.3. The van der Waals surface area contributed by atoms with Crippen LogP contribution in [0.5, 0.6) is 0 Å². The molecule has 0 saturated carbocycles. The van der Waals surface area contributed by atoms with E-state index in [1.807, 2.05) is 31.2 Å². The number of aliphatic imine (C=N–C) groups is 1. The topological polar surface area (TPSA) is 12.4 Å². The van der Waals surface area contributed by atoms with Gasteiger partial charge in [0.25, 0.3) is 0 Å². The fraction of sp³-hybridized carbons (Fsp3) is 0.320. The van der Waals surface area contributed by atoms with Gasteiger partial charge in [0.15, 0.2) is 0 Å². The SMILES string of the molecule is C=Cc1ccc2c(c1)C1C(c3cccc(C)c3F)=NC(C)=C1C(C)(C)CC2. The molecule has 0 bridgehead atoms. The second kappa shape index (κ2) is 6.30. The van der Waals surface area contributed by atoms with Gasteiger partial charge in [-0.25, -0.2) is 4.39 Å². The predicted octanol–water partition coefficient (Wildman–Crippen LogP) is 6.61. The fourth-order valence-electron chi connectivity index (χ4n) is 4.71. The molecule has 0 spiro atoms. The largest absolute Gasteiger partial charge is 0.256 e. The number of aryl methyl sites for hydroxylation is 2. The summed E-state index contributed by atoms with van der Waals surface area (Å²) in [5.74, 6) is -0.150. The molecule has 0 amide bonds. The molecular weight excluding hydrogens is 333 g/mol. The summed E-state index contributed by atoms with van der Waals surface area (Å²) in [7, 11) is 0. The van der Waals surface area contributed by atoms with E-state index >= 15 is 4.39 Å². The van der Waals surface area contributed by atoms with E-state index in [-0.39, 0.29) is 17.2 Å². The van der Waals surface area contributed by atoms with Gasteiger partial charge >= 0.3 is 0 Å². The molecule has 1 atom stereocenters. The number of rotatable bonds is 2. The van der Waals surface area contributed by atoms with Crippen LogP contribution in [0.4, 0.5) is 4.39 Å². The molecule has 2 heteroatoms. The van der Waals surface area contributed by atoms with Gasteiger partial charge in [0, 0.05) is 11.3 Å². The highest BCUT2D eigenvalue weighted by Gasteiger charge is 2.42. The van der Waals surface area contributed by atoms with Gasteiger partial charge in [-0.1, -0.05) is 62.9 Å². The Morgan fingerprint density at radius 2 is 1.96 bits per heavy atom. The van der Waals surface area contributed by atoms with Gasteiger partial charge in [-0.15, -0.1) is 0 Å². The van der Waals surface area contributed by atoms with Gasteiger partial charge < -0.3 is 0 Å². The van der Waals surface area contributed by atoms with Gasteiger partial charge in [0.2, 0.25) is 0 Å². The lowest BCUT2D eigenvalue weighted by Gasteiger charge is -2.30. The molecule has 2 aromatic rings. The van der Waals surface area contributed by atoms with Crippen molar-refractivity contribution in [3.05, 3.63) is 87.9 Å². The summed E-state index contributed by atoms with van der Waals surface area (Å²) >= 11 is 0. The van der Waals surface area contributed by atoms with Crippen LogP contribution in [0.25, 0.3) is 6.08 Å². The lowest BCUT2D eigenvalue weighted by atomic mass is 9.72. The number of benzene rings is 2. The number of nitrogens with zero attached hydrogens (tertiary/aromatic N) is 1. The van der Waals surface area contributed by atoms with E-state index in [0.717, 1.165) is 29.8 Å². The summed E-state index contributed by atoms with van der Waals surface area (Å²) in [5, 5.41) is 0. The number of hydrogen-bond acceptors (Lipinski definition) is 1. The normalized spacial score (nSPS) is 20.6. The van der Waals surface area contributed by atoms with Crippen molar-refractivity contribution in [2.24, 2.45) is 10.4 Å². The lowest BCUT2D eigenvalue weighted by molar-refractivity contribution is 0.403. The minimum absolute atomic E-state index is 0.00806. The van der Waals surface area contributed by atoms with Crippen LogP contribution in [-0.4, -0.2) is 5.71 Å². The molecule has 1 unspecified atom stereocenters. The van der Waals surface area contributed by atoms with Crippen molar-refractivity contribution in [1.82, 2.24) is 0 Å². The quantitative estimate of drug-likeness (QED) is 0.572. The monoisotopic (exact) mass is 359 g/mol. The maximum absolute atomic E-state index is 15.0. The van der Waals surface area contributed by atoms with Gasteiger partial charge in [-0.05, 0) is 59.9 Å². The van der Waals surface area contributed by atoms with E-state index in [9.17, 15) is 0 Å². The first-order valence-electron chi connectivity index (χ1n) is 9.64. The third-order valence-electron chi connectivity index (χ3n) is 6.17. The zero-order valence-electron chi connectivity index (χ0n) is 16.6. The van der Waals surface area contributed by atoms with E-state index in [0.29, 0.717) is 11.1 Å². The van der Waals surface area contributed by atoms with Crippen molar-refractivity contribution in [2.75, 3.05) is 0 Å². The fourth-order valence-corrected chi connectivity index (χ4v) is 4.71. The molecule has 0 N–H and O–H groups in total. The zero-order valence-corrected chi connectivity index (χ0v) is 16.6. The highest BCUT2D eigenvalue weighted by atomic mass is 19.1. The molecule has 0 radical (unpaired) electrons. The Kier molecular flexibility index (Phi) is 4.18. The average molecular weight is 359 g/mol. The Morgan fingerprint density at radius 1 is 1.19 bits per heavy atom. The Balaban J connectivity index is 1.98. The standard InChI is InChI=1S/C25H26FN/c1-6-17-10-11-18-12-13-25(4,5)22-16(3)27-24(21(22)20(18)14-17)19-9-7-8-15(2)23(19)26/h6-11,14,21H,1,12-13H2,2-5H3. The molecule has 27 heavy (non-hydrogen) atoms. The third-order valence-corrected chi connectivity index (χ3v) is 6.17. The molecule has 0 fully saturated rings. The first kappa shape index (κ1) is 17.9. The summed E-state index contributed by atoms with van der Waals surface area (Å²) in [5.41, 5.74) is 8.22. The molecule has 1 heterocycles. The first-order valence-corrected chi connectivity index (χ1v) is 9.64. The molecule has 0 saturated heterocycles. The van der Waals surface area contributed by atoms with E-state index in [1.165, 1.54) is 16.7 Å². The predicted molar refractivity (Wildman–Crippen MR) is 112 cm³/mol. The van der Waals surface area contributed by atoms with Crippen LogP contribution in [0.2, 0.25) is 0 Å². The lowest BCUT2D eigenvalue weighted by Crippen LogP contribution is -2.22. The molecular formula is C25H26FN. The van der Waals surface area contributed by atoms with E-state index in [2.05, 4.69) is 45.5 Å². The minimum Gasteiger partial charge on any atom is -0.256 e. The number of halogens is 1. The second-order valence-electron chi connectivity index (χ2n) is 8.41. The molecule has 138 valence electrons. The van der Waals surface area contributed by atoms with Gasteiger partial charge in [-0.2, -0.15) is 0 Å². The maximum Gasteiger partial charge on any atom is 0.135 e. The number of allylic oxidation sites excluding steroid dienone is 2. The molecule has 1 aliphatic carbocycles. The van der Waals surface area contributed by atoms with Crippen molar-refractivity contribution in [3.8, 4) is 0 Å². The van der Waals surface area contributed by atoms with Crippen molar-refractivity contribution in [2.45, 2.75) is 46.5 Å². The molecule has 1 aliphatic heterocycles. The Labute approximate surface area is 161 Å². The molecule has 2 aliphatic rings. The van der Waals surface area contributed by atoms with Gasteiger partial charge in [-0.3, -0.25) is 4.99 Å². The average Bonchev–Trinajstić information content (AvgIpc) is 2.94. The molecule has 1 nitrogen and oxygen atoms in total. The van der Waals surface area contributed by atoms with Crippen molar-refractivity contribution in [1.29, 1.82) is 0 Å². The second-order valence-corrected chi connectivity index (χ2v) is 8.41. The maximum atomic E-state index is 15.0. The molecule has 4 rings (SSSR count). The van der Waals surface area contributed by atoms with Crippen molar-refractivity contribution < 1.29 is 4.39 Å². The first-order chi connectivity index (χ1) is 12.8. The Bertz CT molecular complexity index is 1010. The van der Waals surface area contributed by atoms with Crippen molar-refractivity contribution >= 4 is 11.8 Å². The van der Waals surface area contributed by atoms with Gasteiger partial charge in [0.1, 0.15) is 5.82 Å². The van der Waals surface area contributed by atoms with E-state index in [4.69, 9.17) is 4.99 Å². The number of fused-ring (bicyclic) bond motifs is 3. The smallest absolute Gasteiger partial charge is 0.135 e. The summed E-state index contributed by atoms with van der Waals surface area (Å²) in [6, 6.07) is 12.2. The molecule has 2 aromatic carbocycles. The van der Waals surface area contributed by atoms with Gasteiger partial charge in [0.05, 0.1) is 11.6 Å². The summed E-state index contributed by atoms with van der Waals surface area (Å²) in [4.78, 5) is 4.93. The molecule has 0 aromatic heterocycles. The van der Waals surface area contributed by atoms with Crippen molar-refractivity contribution in [3.63, 3.8) is 0 Å². The highest BCUT2D eigenvalue weighted by molar-refractivity contribution is 6.10. The Hall–Kier alpha value is -2.48. The van der Waals surface area contributed by atoms with Crippen LogP contribution < -0.4 is 0 Å². The van der Waals surface area contributed by atoms with Crippen LogP contribution in [0.3, 0.4) is 0 Å². The van der Waals surface area contributed by atoms with Crippen LogP contribution in [0.15, 0.2) is 59.2 Å². The summed E-state index contributed by atoms with van der Waals surface area (Å²) in [6.07, 6.45) is 3.97. The van der Waals surface area contributed by atoms with Crippen LogP contribution in [0.1, 0.15) is 60.9 Å². The number of hydrogen-bond donors (Lipinski definition) is 0. The van der Waals surface area contributed by atoms with Crippen LogP contribution in [0, 0.1) is 18.2 Å². The summed E-state index contributed by atoms with van der Waals surface area (Å²) in [6.45, 7) is 12.4. The van der Waals surface area contributed by atoms with Crippen LogP contribution in [-0.2, 0) is 6.42 Å². The minimum atomic E-state index is -0.159. The summed E-state index contributed by atoms with van der Waals surface area (Å²) < 4.78 is 15.0. The third kappa shape index (κ3) is 2.79. The van der Waals surface area contributed by atoms with E-state index in [1.54, 1.807) is 0 Å². The highest BCUT2D eigenvalue weighted by Crippen LogP contribution is 2.51. The van der Waals surface area contributed by atoms with Crippen LogP contribution >= 0.6 is 0 Å². The Morgan fingerprint density at radius 3 is 2.70 bits per heavy atom.